The molecule has 14 heavy (non-hydrogen) atoms. The molecular formula is C10H8FNO2. The minimum Gasteiger partial charge on any atom is -0.414 e. The van der Waals surface area contributed by atoms with Crippen LogP contribution in [-0.2, 0) is 0 Å². The molecule has 1 aromatic carbocycles. The van der Waals surface area contributed by atoms with Gasteiger partial charge >= 0.3 is 6.08 Å². The lowest BCUT2D eigenvalue weighted by atomic mass is 10.3. The molecule has 0 unspecified atom stereocenters. The zero-order valence-corrected chi connectivity index (χ0v) is 7.53. The molecule has 72 valence electrons. The molecule has 0 aliphatic heterocycles. The second-order valence-electron chi connectivity index (χ2n) is 2.80. The Morgan fingerprint density at radius 1 is 1.43 bits per heavy atom. The maximum atomic E-state index is 12.7. The van der Waals surface area contributed by atoms with Crippen LogP contribution < -0.4 is 4.74 Å². The summed E-state index contributed by atoms with van der Waals surface area (Å²) in [5, 5.41) is 0. The Kier molecular flexibility index (Phi) is 2.18. The fraction of sp³-hybridized carbons (Fsp3) is 0.100. The summed E-state index contributed by atoms with van der Waals surface area (Å²) in [6.07, 6.45) is 1.65. The molecule has 1 heterocycles. The van der Waals surface area contributed by atoms with E-state index in [9.17, 15) is 4.39 Å². The lowest BCUT2D eigenvalue weighted by Gasteiger charge is -1.99. The number of rotatable bonds is 2. The zero-order chi connectivity index (χ0) is 9.97. The largest absolute Gasteiger partial charge is 0.414 e. The standard InChI is InChI=1S/C10H8FNO2/c1-7-6-12-10(13-7)14-9-4-2-3-8(11)5-9/h2-6H,1H3. The third-order valence-electron chi connectivity index (χ3n) is 1.60. The minimum atomic E-state index is -0.356. The second-order valence-corrected chi connectivity index (χ2v) is 2.80. The molecule has 4 heteroatoms. The number of benzene rings is 1. The van der Waals surface area contributed by atoms with Gasteiger partial charge in [-0.25, -0.2) is 4.39 Å². The van der Waals surface area contributed by atoms with Crippen LogP contribution in [0.1, 0.15) is 5.76 Å². The SMILES string of the molecule is Cc1cnc(Oc2cccc(F)c2)o1. The summed E-state index contributed by atoms with van der Waals surface area (Å²) in [5.41, 5.74) is 0. The molecule has 3 nitrogen and oxygen atoms in total. The van der Waals surface area contributed by atoms with E-state index in [-0.39, 0.29) is 11.9 Å². The van der Waals surface area contributed by atoms with E-state index in [2.05, 4.69) is 4.98 Å². The molecular weight excluding hydrogens is 185 g/mol. The Hall–Kier alpha value is -1.84. The first-order valence-corrected chi connectivity index (χ1v) is 4.10. The molecule has 0 radical (unpaired) electrons. The third-order valence-corrected chi connectivity index (χ3v) is 1.60. The molecule has 2 aromatic rings. The molecule has 0 saturated carbocycles. The van der Waals surface area contributed by atoms with Gasteiger partial charge in [-0.3, -0.25) is 0 Å². The predicted octanol–water partition coefficient (Wildman–Crippen LogP) is 2.91. The van der Waals surface area contributed by atoms with Gasteiger partial charge in [0.25, 0.3) is 0 Å². The highest BCUT2D eigenvalue weighted by molar-refractivity contribution is 5.24. The van der Waals surface area contributed by atoms with Crippen molar-refractivity contribution in [2.75, 3.05) is 0 Å². The topological polar surface area (TPSA) is 35.3 Å². The van der Waals surface area contributed by atoms with E-state index in [0.29, 0.717) is 11.5 Å². The Balaban J connectivity index is 2.18. The lowest BCUT2D eigenvalue weighted by Crippen LogP contribution is -1.84. The van der Waals surface area contributed by atoms with Crippen LogP contribution in [-0.4, -0.2) is 4.98 Å². The molecule has 0 atom stereocenters. The minimum absolute atomic E-state index is 0.119. The number of hydrogen-bond acceptors (Lipinski definition) is 3. The van der Waals surface area contributed by atoms with Gasteiger partial charge in [0.1, 0.15) is 17.3 Å². The monoisotopic (exact) mass is 193 g/mol. The molecule has 0 spiro atoms. The van der Waals surface area contributed by atoms with Crippen molar-refractivity contribution >= 4 is 0 Å². The van der Waals surface area contributed by atoms with Crippen molar-refractivity contribution < 1.29 is 13.5 Å². The molecule has 2 rings (SSSR count). The van der Waals surface area contributed by atoms with Crippen LogP contribution in [0.2, 0.25) is 0 Å². The van der Waals surface area contributed by atoms with Crippen molar-refractivity contribution in [2.24, 2.45) is 0 Å². The van der Waals surface area contributed by atoms with E-state index in [1.807, 2.05) is 0 Å². The molecule has 1 aromatic heterocycles. The average molecular weight is 193 g/mol. The molecule has 0 N–H and O–H groups in total. The fourth-order valence-electron chi connectivity index (χ4n) is 1.01. The van der Waals surface area contributed by atoms with Gasteiger partial charge < -0.3 is 9.15 Å². The number of oxazole rings is 1. The van der Waals surface area contributed by atoms with Gasteiger partial charge in [0.15, 0.2) is 0 Å². The van der Waals surface area contributed by atoms with Crippen LogP contribution in [0.15, 0.2) is 34.9 Å². The summed E-state index contributed by atoms with van der Waals surface area (Å²) >= 11 is 0. The van der Waals surface area contributed by atoms with Crippen LogP contribution in [0.5, 0.6) is 11.8 Å². The maximum Gasteiger partial charge on any atom is 0.399 e. The summed E-state index contributed by atoms with van der Waals surface area (Å²) in [6, 6.07) is 5.79. The van der Waals surface area contributed by atoms with Gasteiger partial charge in [0, 0.05) is 6.07 Å². The third kappa shape index (κ3) is 1.90. The number of ether oxygens (including phenoxy) is 1. The first kappa shape index (κ1) is 8.74. The summed E-state index contributed by atoms with van der Waals surface area (Å²) in [6.45, 7) is 1.76. The van der Waals surface area contributed by atoms with Crippen molar-refractivity contribution in [3.05, 3.63) is 42.0 Å². The van der Waals surface area contributed by atoms with E-state index < -0.39 is 0 Å². The van der Waals surface area contributed by atoms with Crippen LogP contribution in [0.25, 0.3) is 0 Å². The first-order valence-electron chi connectivity index (χ1n) is 4.10. The van der Waals surface area contributed by atoms with Crippen molar-refractivity contribution in [1.82, 2.24) is 4.98 Å². The highest BCUT2D eigenvalue weighted by atomic mass is 19.1. The molecule has 0 aliphatic rings. The van der Waals surface area contributed by atoms with Crippen molar-refractivity contribution in [2.45, 2.75) is 6.92 Å². The highest BCUT2D eigenvalue weighted by Crippen LogP contribution is 2.20. The van der Waals surface area contributed by atoms with Gasteiger partial charge in [-0.1, -0.05) is 6.07 Å². The average Bonchev–Trinajstić information content (AvgIpc) is 2.51. The Morgan fingerprint density at radius 3 is 2.93 bits per heavy atom. The highest BCUT2D eigenvalue weighted by Gasteiger charge is 2.03. The van der Waals surface area contributed by atoms with Gasteiger partial charge in [0.05, 0.1) is 6.20 Å². The van der Waals surface area contributed by atoms with Gasteiger partial charge in [-0.2, -0.15) is 4.98 Å². The van der Waals surface area contributed by atoms with E-state index in [1.54, 1.807) is 19.1 Å². The van der Waals surface area contributed by atoms with Gasteiger partial charge in [0.2, 0.25) is 0 Å². The summed E-state index contributed by atoms with van der Waals surface area (Å²) in [4.78, 5) is 3.83. The lowest BCUT2D eigenvalue weighted by molar-refractivity contribution is 0.322. The predicted molar refractivity (Wildman–Crippen MR) is 47.7 cm³/mol. The van der Waals surface area contributed by atoms with E-state index in [4.69, 9.17) is 9.15 Å². The Bertz CT molecular complexity index is 439. The second kappa shape index (κ2) is 3.49. The maximum absolute atomic E-state index is 12.7. The number of halogens is 1. The van der Waals surface area contributed by atoms with Crippen molar-refractivity contribution in [1.29, 1.82) is 0 Å². The molecule has 0 bridgehead atoms. The number of aryl methyl sites for hydroxylation is 1. The van der Waals surface area contributed by atoms with Crippen LogP contribution in [0.4, 0.5) is 4.39 Å². The fourth-order valence-corrected chi connectivity index (χ4v) is 1.01. The van der Waals surface area contributed by atoms with E-state index >= 15 is 0 Å². The summed E-state index contributed by atoms with van der Waals surface area (Å²) in [5.74, 6) is 0.661. The van der Waals surface area contributed by atoms with Crippen molar-refractivity contribution in [3.8, 4) is 11.8 Å². The number of hydrogen-bond donors (Lipinski definition) is 0. The number of aromatic nitrogens is 1. The Morgan fingerprint density at radius 2 is 2.29 bits per heavy atom. The van der Waals surface area contributed by atoms with Crippen LogP contribution >= 0.6 is 0 Å². The van der Waals surface area contributed by atoms with E-state index in [1.165, 1.54) is 18.3 Å². The summed E-state index contributed by atoms with van der Waals surface area (Å²) in [7, 11) is 0. The van der Waals surface area contributed by atoms with Crippen molar-refractivity contribution in [3.63, 3.8) is 0 Å². The molecule has 0 aliphatic carbocycles. The van der Waals surface area contributed by atoms with Crippen LogP contribution in [0.3, 0.4) is 0 Å². The quantitative estimate of drug-likeness (QED) is 0.735. The molecule has 0 fully saturated rings. The number of nitrogens with zero attached hydrogens (tertiary/aromatic N) is 1. The van der Waals surface area contributed by atoms with Gasteiger partial charge in [-0.05, 0) is 19.1 Å². The van der Waals surface area contributed by atoms with Gasteiger partial charge in [-0.15, -0.1) is 0 Å². The smallest absolute Gasteiger partial charge is 0.399 e. The summed E-state index contributed by atoms with van der Waals surface area (Å²) < 4.78 is 23.0. The van der Waals surface area contributed by atoms with Crippen LogP contribution in [0, 0.1) is 12.7 Å². The van der Waals surface area contributed by atoms with E-state index in [0.717, 1.165) is 0 Å². The molecule has 0 amide bonds. The normalized spacial score (nSPS) is 10.1. The zero-order valence-electron chi connectivity index (χ0n) is 7.53. The first-order chi connectivity index (χ1) is 6.74. The Labute approximate surface area is 80.1 Å². The molecule has 0 saturated heterocycles.